The zero-order valence-electron chi connectivity index (χ0n) is 14.2. The Morgan fingerprint density at radius 3 is 2.52 bits per heavy atom. The molecule has 1 N–H and O–H groups in total. The minimum atomic E-state index is 0.850. The van der Waals surface area contributed by atoms with Gasteiger partial charge in [-0.05, 0) is 55.0 Å². The van der Waals surface area contributed by atoms with Crippen molar-refractivity contribution in [2.75, 3.05) is 25.0 Å². The standard InChI is InChI=1S/C21H28N2/c1-18-6-5-15-23(16-18)17-20-9-11-21(12-10-20)22-14-13-19-7-3-2-4-8-19/h2-4,7-12,18,22H,5-6,13-17H2,1H3. The van der Waals surface area contributed by atoms with Crippen molar-refractivity contribution in [2.24, 2.45) is 5.92 Å². The van der Waals surface area contributed by atoms with E-state index in [1.165, 1.54) is 42.7 Å². The van der Waals surface area contributed by atoms with Gasteiger partial charge in [0.1, 0.15) is 0 Å². The van der Waals surface area contributed by atoms with Crippen LogP contribution in [0, 0.1) is 5.92 Å². The quantitative estimate of drug-likeness (QED) is 0.840. The number of benzene rings is 2. The molecule has 1 aliphatic heterocycles. The Hall–Kier alpha value is -1.80. The molecule has 0 radical (unpaired) electrons. The van der Waals surface area contributed by atoms with Gasteiger partial charge in [0.05, 0.1) is 0 Å². The van der Waals surface area contributed by atoms with Crippen molar-refractivity contribution in [1.82, 2.24) is 4.90 Å². The summed E-state index contributed by atoms with van der Waals surface area (Å²) in [4.78, 5) is 2.59. The fourth-order valence-electron chi connectivity index (χ4n) is 3.41. The Kier molecular flexibility index (Phi) is 5.71. The Labute approximate surface area is 140 Å². The molecule has 2 heteroatoms. The van der Waals surface area contributed by atoms with E-state index in [4.69, 9.17) is 0 Å². The van der Waals surface area contributed by atoms with Gasteiger partial charge in [-0.15, -0.1) is 0 Å². The van der Waals surface area contributed by atoms with Gasteiger partial charge in [0.2, 0.25) is 0 Å². The zero-order valence-corrected chi connectivity index (χ0v) is 14.2. The van der Waals surface area contributed by atoms with Crippen LogP contribution in [0.4, 0.5) is 5.69 Å². The fraction of sp³-hybridized carbons (Fsp3) is 0.429. The number of anilines is 1. The van der Waals surface area contributed by atoms with Gasteiger partial charge in [0.15, 0.2) is 0 Å². The molecule has 1 fully saturated rings. The van der Waals surface area contributed by atoms with Crippen molar-refractivity contribution in [3.63, 3.8) is 0 Å². The van der Waals surface area contributed by atoms with Gasteiger partial charge < -0.3 is 5.32 Å². The van der Waals surface area contributed by atoms with Crippen LogP contribution in [-0.4, -0.2) is 24.5 Å². The average Bonchev–Trinajstić information content (AvgIpc) is 2.58. The lowest BCUT2D eigenvalue weighted by Crippen LogP contribution is -2.33. The van der Waals surface area contributed by atoms with E-state index in [9.17, 15) is 0 Å². The van der Waals surface area contributed by atoms with Crippen molar-refractivity contribution in [2.45, 2.75) is 32.7 Å². The molecular weight excluding hydrogens is 280 g/mol. The molecule has 0 saturated carbocycles. The van der Waals surface area contributed by atoms with Crippen LogP contribution in [-0.2, 0) is 13.0 Å². The summed E-state index contributed by atoms with van der Waals surface area (Å²) in [5.74, 6) is 0.850. The van der Waals surface area contributed by atoms with Gasteiger partial charge in [0.25, 0.3) is 0 Å². The van der Waals surface area contributed by atoms with Crippen LogP contribution in [0.25, 0.3) is 0 Å². The van der Waals surface area contributed by atoms with Crippen LogP contribution in [0.2, 0.25) is 0 Å². The maximum absolute atomic E-state index is 3.52. The molecule has 3 rings (SSSR count). The molecule has 0 bridgehead atoms. The van der Waals surface area contributed by atoms with Crippen LogP contribution in [0.15, 0.2) is 54.6 Å². The van der Waals surface area contributed by atoms with Crippen LogP contribution in [0.3, 0.4) is 0 Å². The summed E-state index contributed by atoms with van der Waals surface area (Å²) in [6.07, 6.45) is 3.80. The summed E-state index contributed by atoms with van der Waals surface area (Å²) in [5, 5.41) is 3.52. The first-order valence-electron chi connectivity index (χ1n) is 8.89. The second-order valence-electron chi connectivity index (χ2n) is 6.84. The molecular formula is C21H28N2. The molecule has 122 valence electrons. The molecule has 0 spiro atoms. The van der Waals surface area contributed by atoms with Crippen molar-refractivity contribution in [3.8, 4) is 0 Å². The van der Waals surface area contributed by atoms with Gasteiger partial charge in [-0.25, -0.2) is 0 Å². The van der Waals surface area contributed by atoms with Crippen LogP contribution in [0.5, 0.6) is 0 Å². The predicted molar refractivity (Wildman–Crippen MR) is 98.8 cm³/mol. The number of hydrogen-bond acceptors (Lipinski definition) is 2. The third kappa shape index (κ3) is 5.11. The van der Waals surface area contributed by atoms with E-state index >= 15 is 0 Å². The molecule has 1 aliphatic rings. The minimum Gasteiger partial charge on any atom is -0.385 e. The highest BCUT2D eigenvalue weighted by atomic mass is 15.1. The highest BCUT2D eigenvalue weighted by Gasteiger charge is 2.15. The molecule has 0 amide bonds. The highest BCUT2D eigenvalue weighted by Crippen LogP contribution is 2.18. The first-order valence-corrected chi connectivity index (χ1v) is 8.89. The first-order chi connectivity index (χ1) is 11.3. The van der Waals surface area contributed by atoms with E-state index in [1.54, 1.807) is 0 Å². The third-order valence-electron chi connectivity index (χ3n) is 4.69. The number of nitrogens with one attached hydrogen (secondary N) is 1. The zero-order chi connectivity index (χ0) is 15.9. The SMILES string of the molecule is CC1CCCN(Cc2ccc(NCCc3ccccc3)cc2)C1. The topological polar surface area (TPSA) is 15.3 Å². The number of piperidine rings is 1. The van der Waals surface area contributed by atoms with E-state index < -0.39 is 0 Å². The number of nitrogens with zero attached hydrogens (tertiary/aromatic N) is 1. The molecule has 0 aromatic heterocycles. The summed E-state index contributed by atoms with van der Waals surface area (Å²) < 4.78 is 0. The van der Waals surface area contributed by atoms with Crippen LogP contribution in [0.1, 0.15) is 30.9 Å². The molecule has 23 heavy (non-hydrogen) atoms. The highest BCUT2D eigenvalue weighted by molar-refractivity contribution is 5.44. The van der Waals surface area contributed by atoms with Gasteiger partial charge in [-0.2, -0.15) is 0 Å². The first kappa shape index (κ1) is 16.1. The average molecular weight is 308 g/mol. The van der Waals surface area contributed by atoms with Crippen molar-refractivity contribution >= 4 is 5.69 Å². The number of likely N-dealkylation sites (tertiary alicyclic amines) is 1. The third-order valence-corrected chi connectivity index (χ3v) is 4.69. The van der Waals surface area contributed by atoms with E-state index in [0.29, 0.717) is 0 Å². The lowest BCUT2D eigenvalue weighted by Gasteiger charge is -2.30. The Balaban J connectivity index is 1.45. The molecule has 1 unspecified atom stereocenters. The van der Waals surface area contributed by atoms with Gasteiger partial charge in [-0.1, -0.05) is 49.4 Å². The lowest BCUT2D eigenvalue weighted by molar-refractivity contribution is 0.176. The number of rotatable bonds is 6. The van der Waals surface area contributed by atoms with Crippen LogP contribution < -0.4 is 5.32 Å². The van der Waals surface area contributed by atoms with E-state index in [1.807, 2.05) is 0 Å². The lowest BCUT2D eigenvalue weighted by atomic mass is 10.00. The van der Waals surface area contributed by atoms with Crippen LogP contribution >= 0.6 is 0 Å². The molecule has 1 heterocycles. The summed E-state index contributed by atoms with van der Waals surface area (Å²) in [7, 11) is 0. The molecule has 1 atom stereocenters. The molecule has 2 aromatic rings. The Bertz CT molecular complexity index is 577. The second kappa shape index (κ2) is 8.16. The second-order valence-corrected chi connectivity index (χ2v) is 6.84. The Morgan fingerprint density at radius 1 is 1.00 bits per heavy atom. The fourth-order valence-corrected chi connectivity index (χ4v) is 3.41. The van der Waals surface area contributed by atoms with Crippen molar-refractivity contribution < 1.29 is 0 Å². The van der Waals surface area contributed by atoms with E-state index in [0.717, 1.165) is 25.4 Å². The van der Waals surface area contributed by atoms with Gasteiger partial charge in [-0.3, -0.25) is 4.90 Å². The summed E-state index contributed by atoms with van der Waals surface area (Å²) in [6.45, 7) is 6.94. The normalized spacial score (nSPS) is 18.7. The van der Waals surface area contributed by atoms with E-state index in [-0.39, 0.29) is 0 Å². The monoisotopic (exact) mass is 308 g/mol. The van der Waals surface area contributed by atoms with Crippen molar-refractivity contribution in [1.29, 1.82) is 0 Å². The smallest absolute Gasteiger partial charge is 0.0340 e. The Morgan fingerprint density at radius 2 is 1.78 bits per heavy atom. The summed E-state index contributed by atoms with van der Waals surface area (Å²) >= 11 is 0. The number of hydrogen-bond donors (Lipinski definition) is 1. The van der Waals surface area contributed by atoms with Gasteiger partial charge in [0, 0.05) is 25.3 Å². The summed E-state index contributed by atoms with van der Waals surface area (Å²) in [5.41, 5.74) is 4.03. The minimum absolute atomic E-state index is 0.850. The predicted octanol–water partition coefficient (Wildman–Crippen LogP) is 4.57. The van der Waals surface area contributed by atoms with Crippen molar-refractivity contribution in [3.05, 3.63) is 65.7 Å². The maximum Gasteiger partial charge on any atom is 0.0340 e. The molecule has 1 saturated heterocycles. The molecule has 2 aromatic carbocycles. The maximum atomic E-state index is 3.52. The summed E-state index contributed by atoms with van der Waals surface area (Å²) in [6, 6.07) is 19.6. The molecule has 2 nitrogen and oxygen atoms in total. The van der Waals surface area contributed by atoms with Gasteiger partial charge >= 0.3 is 0 Å². The van der Waals surface area contributed by atoms with E-state index in [2.05, 4.69) is 71.7 Å². The molecule has 0 aliphatic carbocycles. The largest absolute Gasteiger partial charge is 0.385 e.